The Hall–Kier alpha value is -2.76. The average molecular weight is 369 g/mol. The molecule has 0 radical (unpaired) electrons. The van der Waals surface area contributed by atoms with E-state index in [9.17, 15) is 9.59 Å². The van der Waals surface area contributed by atoms with Crippen molar-refractivity contribution in [3.05, 3.63) is 53.5 Å². The predicted octanol–water partition coefficient (Wildman–Crippen LogP) is 2.97. The van der Waals surface area contributed by atoms with Crippen LogP contribution < -0.4 is 10.2 Å². The van der Waals surface area contributed by atoms with Crippen LogP contribution in [0.25, 0.3) is 0 Å². The highest BCUT2D eigenvalue weighted by Crippen LogP contribution is 2.20. The van der Waals surface area contributed by atoms with Crippen LogP contribution in [-0.4, -0.2) is 43.4 Å². The zero-order chi connectivity index (χ0) is 19.2. The largest absolute Gasteiger partial charge is 0.469 e. The minimum absolute atomic E-state index is 0.0359. The Morgan fingerprint density at radius 3 is 2.44 bits per heavy atom. The van der Waals surface area contributed by atoms with E-state index < -0.39 is 0 Å². The summed E-state index contributed by atoms with van der Waals surface area (Å²) in [7, 11) is 1.75. The number of rotatable bonds is 6. The lowest BCUT2D eigenvalue weighted by Crippen LogP contribution is -2.37. The predicted molar refractivity (Wildman–Crippen MR) is 105 cm³/mol. The van der Waals surface area contributed by atoms with Crippen molar-refractivity contribution in [2.75, 3.05) is 31.6 Å². The summed E-state index contributed by atoms with van der Waals surface area (Å²) < 4.78 is 5.11. The maximum Gasteiger partial charge on any atom is 0.255 e. The van der Waals surface area contributed by atoms with Crippen molar-refractivity contribution in [2.45, 2.75) is 32.7 Å². The first-order valence-electron chi connectivity index (χ1n) is 9.45. The van der Waals surface area contributed by atoms with E-state index in [0.29, 0.717) is 17.9 Å². The van der Waals surface area contributed by atoms with Crippen molar-refractivity contribution in [1.82, 2.24) is 10.2 Å². The third kappa shape index (κ3) is 4.90. The van der Waals surface area contributed by atoms with Gasteiger partial charge < -0.3 is 19.5 Å². The highest BCUT2D eigenvalue weighted by molar-refractivity contribution is 5.97. The topological polar surface area (TPSA) is 65.8 Å². The Labute approximate surface area is 160 Å². The lowest BCUT2D eigenvalue weighted by Gasteiger charge is -2.29. The third-order valence-electron chi connectivity index (χ3n) is 5.01. The molecule has 1 N–H and O–H groups in total. The Bertz CT molecular complexity index is 776. The zero-order valence-electron chi connectivity index (χ0n) is 16.0. The van der Waals surface area contributed by atoms with Crippen molar-refractivity contribution in [1.29, 1.82) is 0 Å². The maximum absolute atomic E-state index is 12.3. The molecular weight excluding hydrogens is 342 g/mol. The van der Waals surface area contributed by atoms with Crippen LogP contribution in [0.4, 0.5) is 5.69 Å². The first-order chi connectivity index (χ1) is 13.0. The fraction of sp³-hybridized carbons (Fsp3) is 0.429. The van der Waals surface area contributed by atoms with E-state index >= 15 is 0 Å². The highest BCUT2D eigenvalue weighted by Gasteiger charge is 2.15. The number of aryl methyl sites for hydroxylation is 1. The number of furan rings is 1. The van der Waals surface area contributed by atoms with Gasteiger partial charge in [-0.3, -0.25) is 9.59 Å². The Balaban J connectivity index is 1.49. The molecule has 6 heteroatoms. The molecular formula is C21H27N3O3. The van der Waals surface area contributed by atoms with Crippen LogP contribution in [0.2, 0.25) is 0 Å². The molecule has 1 fully saturated rings. The van der Waals surface area contributed by atoms with Gasteiger partial charge in [-0.1, -0.05) is 12.1 Å². The lowest BCUT2D eigenvalue weighted by molar-refractivity contribution is -0.129. The minimum Gasteiger partial charge on any atom is -0.469 e. The van der Waals surface area contributed by atoms with Gasteiger partial charge in [0.25, 0.3) is 5.91 Å². The molecule has 0 atom stereocenters. The number of hydrogen-bond donors (Lipinski definition) is 1. The molecule has 1 aliphatic rings. The summed E-state index contributed by atoms with van der Waals surface area (Å²) in [5.41, 5.74) is 2.78. The molecule has 2 amide bonds. The molecule has 0 spiro atoms. The molecule has 0 saturated carbocycles. The van der Waals surface area contributed by atoms with Crippen LogP contribution in [0.5, 0.6) is 0 Å². The van der Waals surface area contributed by atoms with Gasteiger partial charge in [-0.2, -0.15) is 0 Å². The van der Waals surface area contributed by atoms with Crippen molar-refractivity contribution in [3.63, 3.8) is 0 Å². The number of piperidine rings is 1. The van der Waals surface area contributed by atoms with Crippen LogP contribution in [0, 0.1) is 6.92 Å². The van der Waals surface area contributed by atoms with E-state index in [0.717, 1.165) is 18.7 Å². The van der Waals surface area contributed by atoms with Crippen molar-refractivity contribution in [2.24, 2.45) is 0 Å². The first-order valence-corrected chi connectivity index (χ1v) is 9.45. The highest BCUT2D eigenvalue weighted by atomic mass is 16.3. The summed E-state index contributed by atoms with van der Waals surface area (Å²) >= 11 is 0. The normalized spacial score (nSPS) is 14.1. The summed E-state index contributed by atoms with van der Waals surface area (Å²) in [4.78, 5) is 28.4. The molecule has 27 heavy (non-hydrogen) atoms. The Morgan fingerprint density at radius 1 is 1.11 bits per heavy atom. The maximum atomic E-state index is 12.3. The number of hydrogen-bond acceptors (Lipinski definition) is 4. The van der Waals surface area contributed by atoms with Gasteiger partial charge in [-0.15, -0.1) is 0 Å². The smallest absolute Gasteiger partial charge is 0.255 e. The fourth-order valence-corrected chi connectivity index (χ4v) is 3.33. The van der Waals surface area contributed by atoms with E-state index in [1.165, 1.54) is 31.2 Å². The first kappa shape index (κ1) is 19.0. The second kappa shape index (κ2) is 8.75. The molecule has 6 nitrogen and oxygen atoms in total. The summed E-state index contributed by atoms with van der Waals surface area (Å²) in [6, 6.07) is 10.00. The Kier molecular flexibility index (Phi) is 6.16. The molecule has 1 aromatic heterocycles. The van der Waals surface area contributed by atoms with Gasteiger partial charge >= 0.3 is 0 Å². The summed E-state index contributed by atoms with van der Waals surface area (Å²) in [5, 5.41) is 2.65. The summed E-state index contributed by atoms with van der Waals surface area (Å²) in [6.07, 6.45) is 5.29. The number of anilines is 1. The standard InChI is InChI=1S/C21H27N3O3/c1-16-19(10-13-27-16)21(26)22-14-20(25)23(2)15-17-6-8-18(9-7-17)24-11-4-3-5-12-24/h6-10,13H,3-5,11-12,14-15H2,1-2H3,(H,22,26). The number of carbonyl (C=O) groups excluding carboxylic acids is 2. The van der Waals surface area contributed by atoms with E-state index in [2.05, 4.69) is 34.5 Å². The summed E-state index contributed by atoms with van der Waals surface area (Å²) in [5.74, 6) is 0.112. The summed E-state index contributed by atoms with van der Waals surface area (Å²) in [6.45, 7) is 4.43. The van der Waals surface area contributed by atoms with Crippen molar-refractivity contribution < 1.29 is 14.0 Å². The molecule has 0 unspecified atom stereocenters. The number of benzene rings is 1. The molecule has 1 aromatic carbocycles. The zero-order valence-corrected chi connectivity index (χ0v) is 16.0. The fourth-order valence-electron chi connectivity index (χ4n) is 3.33. The van der Waals surface area contributed by atoms with Gasteiger partial charge in [0.15, 0.2) is 0 Å². The van der Waals surface area contributed by atoms with Gasteiger partial charge in [-0.05, 0) is 49.9 Å². The van der Waals surface area contributed by atoms with Crippen molar-refractivity contribution in [3.8, 4) is 0 Å². The molecule has 0 bridgehead atoms. The molecule has 1 aliphatic heterocycles. The van der Waals surface area contributed by atoms with Gasteiger partial charge in [0.2, 0.25) is 5.91 Å². The second-order valence-corrected chi connectivity index (χ2v) is 7.04. The second-order valence-electron chi connectivity index (χ2n) is 7.04. The van der Waals surface area contributed by atoms with E-state index in [-0.39, 0.29) is 18.4 Å². The molecule has 2 aromatic rings. The average Bonchev–Trinajstić information content (AvgIpc) is 3.13. The van der Waals surface area contributed by atoms with Gasteiger partial charge in [-0.25, -0.2) is 0 Å². The number of nitrogens with zero attached hydrogens (tertiary/aromatic N) is 2. The SMILES string of the molecule is Cc1occc1C(=O)NCC(=O)N(C)Cc1ccc(N2CCCCC2)cc1. The van der Waals surface area contributed by atoms with Crippen LogP contribution >= 0.6 is 0 Å². The third-order valence-corrected chi connectivity index (χ3v) is 5.01. The van der Waals surface area contributed by atoms with Crippen molar-refractivity contribution >= 4 is 17.5 Å². The van der Waals surface area contributed by atoms with Gasteiger partial charge in [0.1, 0.15) is 5.76 Å². The monoisotopic (exact) mass is 369 g/mol. The molecule has 3 rings (SSSR count). The van der Waals surface area contributed by atoms with Crippen LogP contribution in [-0.2, 0) is 11.3 Å². The van der Waals surface area contributed by atoms with Gasteiger partial charge in [0.05, 0.1) is 18.4 Å². The molecule has 2 heterocycles. The lowest BCUT2D eigenvalue weighted by atomic mass is 10.1. The molecule has 1 saturated heterocycles. The number of carbonyl (C=O) groups is 2. The minimum atomic E-state index is -0.297. The van der Waals surface area contributed by atoms with E-state index in [1.807, 2.05) is 0 Å². The van der Waals surface area contributed by atoms with Crippen LogP contribution in [0.1, 0.15) is 40.9 Å². The van der Waals surface area contributed by atoms with Crippen LogP contribution in [0.3, 0.4) is 0 Å². The van der Waals surface area contributed by atoms with E-state index in [1.54, 1.807) is 24.9 Å². The molecule has 144 valence electrons. The number of likely N-dealkylation sites (N-methyl/N-ethyl adjacent to an activating group) is 1. The molecule has 0 aliphatic carbocycles. The number of amides is 2. The van der Waals surface area contributed by atoms with E-state index in [4.69, 9.17) is 4.42 Å². The number of nitrogens with one attached hydrogen (secondary N) is 1. The Morgan fingerprint density at radius 2 is 1.81 bits per heavy atom. The quantitative estimate of drug-likeness (QED) is 0.850. The van der Waals surface area contributed by atoms with Gasteiger partial charge in [0, 0.05) is 32.4 Å². The van der Waals surface area contributed by atoms with Crippen LogP contribution in [0.15, 0.2) is 41.0 Å².